The molecule has 1 aromatic rings. The molecule has 1 N–H and O–H groups in total. The van der Waals surface area contributed by atoms with Gasteiger partial charge in [0.2, 0.25) is 0 Å². The first-order valence-electron chi connectivity index (χ1n) is 8.07. The highest BCUT2D eigenvalue weighted by molar-refractivity contribution is 5.85. The highest BCUT2D eigenvalue weighted by atomic mass is 16.5. The summed E-state index contributed by atoms with van der Waals surface area (Å²) >= 11 is 0. The summed E-state index contributed by atoms with van der Waals surface area (Å²) in [6, 6.07) is 8.82. The second-order valence-electron chi connectivity index (χ2n) is 5.54. The molecule has 0 heterocycles. The number of carbonyl (C=O) groups is 2. The Hall–Kier alpha value is -1.68. The molecule has 0 aliphatic rings. The highest BCUT2D eigenvalue weighted by Crippen LogP contribution is 2.06. The van der Waals surface area contributed by atoms with Gasteiger partial charge in [-0.05, 0) is 25.3 Å². The molecule has 0 amide bonds. The van der Waals surface area contributed by atoms with Gasteiger partial charge < -0.3 is 4.74 Å². The molecule has 1 aromatic carbocycles. The minimum absolute atomic E-state index is 0.173. The van der Waals surface area contributed by atoms with E-state index in [0.29, 0.717) is 6.42 Å². The Morgan fingerprint density at radius 3 is 2.41 bits per heavy atom. The van der Waals surface area contributed by atoms with Crippen molar-refractivity contribution in [1.82, 2.24) is 5.32 Å². The Labute approximate surface area is 133 Å². The summed E-state index contributed by atoms with van der Waals surface area (Å²) in [4.78, 5) is 24.1. The second kappa shape index (κ2) is 10.1. The topological polar surface area (TPSA) is 55.4 Å². The predicted molar refractivity (Wildman–Crippen MR) is 87.4 cm³/mol. The number of ether oxygens (including phenoxy) is 1. The normalized spacial score (nSPS) is 13.4. The number of Topliss-reactive ketones (excluding diaryl/α,β-unsaturated/α-hetero) is 1. The number of hydrogen-bond acceptors (Lipinski definition) is 4. The smallest absolute Gasteiger partial charge is 0.323 e. The van der Waals surface area contributed by atoms with E-state index in [-0.39, 0.29) is 24.4 Å². The Morgan fingerprint density at radius 1 is 1.14 bits per heavy atom. The largest absolute Gasteiger partial charge is 0.460 e. The summed E-state index contributed by atoms with van der Waals surface area (Å²) < 4.78 is 5.30. The Bertz CT molecular complexity index is 459. The van der Waals surface area contributed by atoms with Crippen LogP contribution in [-0.4, -0.2) is 23.8 Å². The maximum Gasteiger partial charge on any atom is 0.323 e. The third-order valence-corrected chi connectivity index (χ3v) is 3.49. The first kappa shape index (κ1) is 18.4. The molecule has 0 saturated carbocycles. The molecule has 0 aromatic heterocycles. The van der Waals surface area contributed by atoms with Gasteiger partial charge in [-0.2, -0.15) is 0 Å². The predicted octanol–water partition coefficient (Wildman–Crippen LogP) is 3.25. The number of ketones is 1. The van der Waals surface area contributed by atoms with E-state index >= 15 is 0 Å². The average Bonchev–Trinajstić information content (AvgIpc) is 2.53. The average molecular weight is 305 g/mol. The standard InChI is InChI=1S/C18H27NO3/c1-4-9-16(17(20)10-5-2)19-14(3)18(21)22-13-15-11-7-6-8-12-15/h6-8,11-12,14,16,19H,4-5,9-10,13H2,1-3H3/t14-,16+/m1/s1. The van der Waals surface area contributed by atoms with E-state index in [4.69, 9.17) is 4.74 Å². The quantitative estimate of drug-likeness (QED) is 0.674. The lowest BCUT2D eigenvalue weighted by atomic mass is 10.0. The molecule has 4 heteroatoms. The molecular weight excluding hydrogens is 278 g/mol. The van der Waals surface area contributed by atoms with E-state index < -0.39 is 6.04 Å². The third kappa shape index (κ3) is 6.39. The van der Waals surface area contributed by atoms with Crippen LogP contribution in [0.25, 0.3) is 0 Å². The van der Waals surface area contributed by atoms with Gasteiger partial charge in [-0.1, -0.05) is 50.6 Å². The van der Waals surface area contributed by atoms with Crippen LogP contribution in [0, 0.1) is 0 Å². The lowest BCUT2D eigenvalue weighted by Gasteiger charge is -2.21. The zero-order valence-electron chi connectivity index (χ0n) is 13.8. The van der Waals surface area contributed by atoms with Crippen molar-refractivity contribution >= 4 is 11.8 Å². The van der Waals surface area contributed by atoms with E-state index in [1.54, 1.807) is 6.92 Å². The van der Waals surface area contributed by atoms with Crippen LogP contribution in [-0.2, 0) is 20.9 Å². The fraction of sp³-hybridized carbons (Fsp3) is 0.556. The van der Waals surface area contributed by atoms with Gasteiger partial charge in [0.25, 0.3) is 0 Å². The number of benzene rings is 1. The van der Waals surface area contributed by atoms with Crippen LogP contribution < -0.4 is 5.32 Å². The van der Waals surface area contributed by atoms with Gasteiger partial charge in [-0.15, -0.1) is 0 Å². The van der Waals surface area contributed by atoms with E-state index in [1.165, 1.54) is 0 Å². The number of esters is 1. The molecule has 122 valence electrons. The number of carbonyl (C=O) groups excluding carboxylic acids is 2. The molecule has 0 spiro atoms. The van der Waals surface area contributed by atoms with E-state index in [1.807, 2.05) is 44.2 Å². The summed E-state index contributed by atoms with van der Waals surface area (Å²) in [5.41, 5.74) is 0.954. The fourth-order valence-corrected chi connectivity index (χ4v) is 2.27. The zero-order valence-corrected chi connectivity index (χ0v) is 13.8. The van der Waals surface area contributed by atoms with Crippen molar-refractivity contribution in [2.24, 2.45) is 0 Å². The van der Waals surface area contributed by atoms with Gasteiger partial charge in [0.1, 0.15) is 18.4 Å². The van der Waals surface area contributed by atoms with Crippen molar-refractivity contribution in [3.05, 3.63) is 35.9 Å². The highest BCUT2D eigenvalue weighted by Gasteiger charge is 2.23. The molecule has 0 saturated heterocycles. The van der Waals surface area contributed by atoms with Crippen molar-refractivity contribution in [3.8, 4) is 0 Å². The van der Waals surface area contributed by atoms with E-state index in [2.05, 4.69) is 5.32 Å². The van der Waals surface area contributed by atoms with Crippen LogP contribution in [0.15, 0.2) is 30.3 Å². The Balaban J connectivity index is 2.48. The number of nitrogens with one attached hydrogen (secondary N) is 1. The molecule has 1 rings (SSSR count). The summed E-state index contributed by atoms with van der Waals surface area (Å²) in [7, 11) is 0. The van der Waals surface area contributed by atoms with Crippen LogP contribution >= 0.6 is 0 Å². The molecule has 0 radical (unpaired) electrons. The maximum absolute atomic E-state index is 12.1. The van der Waals surface area contributed by atoms with Crippen LogP contribution in [0.4, 0.5) is 0 Å². The van der Waals surface area contributed by atoms with Gasteiger partial charge >= 0.3 is 5.97 Å². The van der Waals surface area contributed by atoms with Crippen LogP contribution in [0.1, 0.15) is 52.0 Å². The van der Waals surface area contributed by atoms with Gasteiger partial charge in [0.15, 0.2) is 0 Å². The van der Waals surface area contributed by atoms with E-state index in [0.717, 1.165) is 24.8 Å². The Morgan fingerprint density at radius 2 is 1.82 bits per heavy atom. The molecule has 0 unspecified atom stereocenters. The van der Waals surface area contributed by atoms with Crippen LogP contribution in [0.3, 0.4) is 0 Å². The lowest BCUT2D eigenvalue weighted by molar-refractivity contribution is -0.147. The Kier molecular flexibility index (Phi) is 8.44. The minimum atomic E-state index is -0.485. The summed E-state index contributed by atoms with van der Waals surface area (Å²) in [6.07, 6.45) is 3.02. The number of hydrogen-bond donors (Lipinski definition) is 1. The zero-order chi connectivity index (χ0) is 16.4. The maximum atomic E-state index is 12.1. The monoisotopic (exact) mass is 305 g/mol. The van der Waals surface area contributed by atoms with Crippen LogP contribution in [0.2, 0.25) is 0 Å². The van der Waals surface area contributed by atoms with Crippen molar-refractivity contribution < 1.29 is 14.3 Å². The summed E-state index contributed by atoms with van der Waals surface area (Å²) in [5.74, 6) is -0.152. The molecule has 0 aliphatic heterocycles. The molecule has 0 bridgehead atoms. The van der Waals surface area contributed by atoms with Crippen molar-refractivity contribution in [2.45, 2.75) is 65.1 Å². The van der Waals surface area contributed by atoms with Crippen LogP contribution in [0.5, 0.6) is 0 Å². The molecule has 4 nitrogen and oxygen atoms in total. The first-order chi connectivity index (χ1) is 10.6. The summed E-state index contributed by atoms with van der Waals surface area (Å²) in [5, 5.41) is 3.11. The molecule has 0 fully saturated rings. The van der Waals surface area contributed by atoms with Gasteiger partial charge in [-0.25, -0.2) is 0 Å². The van der Waals surface area contributed by atoms with Crippen molar-refractivity contribution in [1.29, 1.82) is 0 Å². The van der Waals surface area contributed by atoms with E-state index in [9.17, 15) is 9.59 Å². The van der Waals surface area contributed by atoms with Gasteiger partial charge in [-0.3, -0.25) is 14.9 Å². The lowest BCUT2D eigenvalue weighted by Crippen LogP contribution is -2.46. The number of rotatable bonds is 10. The first-order valence-corrected chi connectivity index (χ1v) is 8.07. The third-order valence-electron chi connectivity index (χ3n) is 3.49. The molecule has 0 aliphatic carbocycles. The molecule has 2 atom stereocenters. The van der Waals surface area contributed by atoms with Gasteiger partial charge in [0, 0.05) is 6.42 Å². The van der Waals surface area contributed by atoms with Crippen molar-refractivity contribution in [2.75, 3.05) is 0 Å². The second-order valence-corrected chi connectivity index (χ2v) is 5.54. The summed E-state index contributed by atoms with van der Waals surface area (Å²) in [6.45, 7) is 6.02. The SMILES string of the molecule is CCCC(=O)[C@H](CCC)N[C@H](C)C(=O)OCc1ccccc1. The fourth-order valence-electron chi connectivity index (χ4n) is 2.27. The van der Waals surface area contributed by atoms with Gasteiger partial charge in [0.05, 0.1) is 6.04 Å². The van der Waals surface area contributed by atoms with Crippen molar-refractivity contribution in [3.63, 3.8) is 0 Å². The minimum Gasteiger partial charge on any atom is -0.460 e. The molecular formula is C18H27NO3. The molecule has 22 heavy (non-hydrogen) atoms.